The van der Waals surface area contributed by atoms with Crippen LogP contribution in [0.5, 0.6) is 5.88 Å². The number of aromatic nitrogens is 1. The van der Waals surface area contributed by atoms with Crippen LogP contribution in [0.4, 0.5) is 0 Å². The van der Waals surface area contributed by atoms with Gasteiger partial charge in [-0.05, 0) is 57.8 Å². The molecule has 3 heterocycles. The number of hydrogen-bond acceptors (Lipinski definition) is 7. The van der Waals surface area contributed by atoms with E-state index < -0.39 is 5.97 Å². The van der Waals surface area contributed by atoms with Gasteiger partial charge < -0.3 is 19.1 Å². The average molecular weight is 550 g/mol. The molecule has 4 aromatic rings. The van der Waals surface area contributed by atoms with E-state index in [4.69, 9.17) is 9.15 Å². The largest absolute Gasteiger partial charge is 1.00 e. The molecule has 0 radical (unpaired) electrons. The second kappa shape index (κ2) is 10.4. The molecule has 0 unspecified atom stereocenters. The van der Waals surface area contributed by atoms with Crippen LogP contribution >= 0.6 is 33.9 Å². The van der Waals surface area contributed by atoms with Gasteiger partial charge in [0.15, 0.2) is 0 Å². The third-order valence-corrected chi connectivity index (χ3v) is 6.25. The van der Waals surface area contributed by atoms with Gasteiger partial charge in [0.1, 0.15) is 18.2 Å². The first-order valence-electron chi connectivity index (χ1n) is 8.71. The molecule has 1 aromatic carbocycles. The molecule has 0 aliphatic rings. The van der Waals surface area contributed by atoms with Crippen molar-refractivity contribution in [3.63, 3.8) is 0 Å². The fraction of sp³-hybridized carbons (Fsp3) is 0.0455. The number of halogens is 1. The Bertz CT molecular complexity index is 1250. The van der Waals surface area contributed by atoms with Gasteiger partial charge in [-0.1, -0.05) is 18.2 Å². The van der Waals surface area contributed by atoms with Crippen molar-refractivity contribution in [2.45, 2.75) is 6.61 Å². The predicted octanol–water partition coefficient (Wildman–Crippen LogP) is 1.49. The fourth-order valence-electron chi connectivity index (χ4n) is 2.87. The Hall–Kier alpha value is -2.16. The van der Waals surface area contributed by atoms with Crippen LogP contribution in [0.3, 0.4) is 0 Å². The van der Waals surface area contributed by atoms with Crippen molar-refractivity contribution < 1.29 is 48.6 Å². The van der Waals surface area contributed by atoms with Crippen molar-refractivity contribution in [3.05, 3.63) is 80.6 Å². The fourth-order valence-corrected chi connectivity index (χ4v) is 4.22. The zero-order chi connectivity index (χ0) is 21.1. The molecule has 0 spiro atoms. The summed E-state index contributed by atoms with van der Waals surface area (Å²) >= 11 is 3.58. The van der Waals surface area contributed by atoms with E-state index >= 15 is 0 Å². The number of aromatic carboxylic acids is 1. The molecule has 9 heteroatoms. The van der Waals surface area contributed by atoms with Gasteiger partial charge in [0.25, 0.3) is 0 Å². The Morgan fingerprint density at radius 1 is 1.29 bits per heavy atom. The smallest absolute Gasteiger partial charge is 0.545 e. The van der Waals surface area contributed by atoms with Gasteiger partial charge in [-0.2, -0.15) is 5.26 Å². The Balaban J connectivity index is 0.00000272. The van der Waals surface area contributed by atoms with Crippen LogP contribution in [-0.2, 0) is 6.61 Å². The van der Waals surface area contributed by atoms with Gasteiger partial charge in [0, 0.05) is 20.3 Å². The molecule has 0 atom stereocenters. The third-order valence-electron chi connectivity index (χ3n) is 4.36. The summed E-state index contributed by atoms with van der Waals surface area (Å²) in [6.45, 7) is 0.131. The molecule has 0 fully saturated rings. The summed E-state index contributed by atoms with van der Waals surface area (Å²) in [6.07, 6.45) is 3.11. The van der Waals surface area contributed by atoms with Gasteiger partial charge in [-0.15, -0.1) is 11.3 Å². The number of benzene rings is 1. The van der Waals surface area contributed by atoms with E-state index in [2.05, 4.69) is 11.1 Å². The number of carboxylic acids is 1. The van der Waals surface area contributed by atoms with E-state index in [-0.39, 0.29) is 47.6 Å². The van der Waals surface area contributed by atoms with Crippen molar-refractivity contribution in [2.24, 2.45) is 0 Å². The maximum Gasteiger partial charge on any atom is 1.00 e. The summed E-state index contributed by atoms with van der Waals surface area (Å²) in [6, 6.07) is 14.3. The first kappa shape index (κ1) is 23.5. The minimum atomic E-state index is -1.23. The van der Waals surface area contributed by atoms with E-state index in [0.29, 0.717) is 16.8 Å². The van der Waals surface area contributed by atoms with Crippen molar-refractivity contribution >= 4 is 39.9 Å². The molecule has 3 aromatic heterocycles. The predicted molar refractivity (Wildman–Crippen MR) is 118 cm³/mol. The molecule has 0 aliphatic heterocycles. The van der Waals surface area contributed by atoms with Crippen LogP contribution in [0.2, 0.25) is 0 Å². The average Bonchev–Trinajstić information content (AvgIpc) is 3.46. The maximum absolute atomic E-state index is 11.0. The van der Waals surface area contributed by atoms with E-state index in [9.17, 15) is 15.2 Å². The molecule has 4 rings (SSSR count). The number of ether oxygens (including phenoxy) is 1. The monoisotopic (exact) mass is 550 g/mol. The van der Waals surface area contributed by atoms with Gasteiger partial charge >= 0.3 is 29.6 Å². The Morgan fingerprint density at radius 2 is 2.13 bits per heavy atom. The molecule has 0 N–H and O–H groups in total. The van der Waals surface area contributed by atoms with Gasteiger partial charge in [-0.25, -0.2) is 4.98 Å². The summed E-state index contributed by atoms with van der Waals surface area (Å²) in [5, 5.41) is 22.8. The van der Waals surface area contributed by atoms with E-state index in [1.807, 2.05) is 46.2 Å². The number of carboxylic acid groups (broad SMARTS) is 1. The van der Waals surface area contributed by atoms with E-state index in [1.165, 1.54) is 23.5 Å². The third kappa shape index (κ3) is 5.19. The van der Waals surface area contributed by atoms with Crippen LogP contribution in [0.15, 0.2) is 64.8 Å². The molecule has 0 amide bonds. The minimum Gasteiger partial charge on any atom is -0.545 e. The number of hydrogen-bond donors (Lipinski definition) is 0. The zero-order valence-electron chi connectivity index (χ0n) is 16.3. The van der Waals surface area contributed by atoms with Crippen LogP contribution in [0.25, 0.3) is 21.7 Å². The van der Waals surface area contributed by atoms with Crippen LogP contribution in [0, 0.1) is 14.9 Å². The van der Waals surface area contributed by atoms with Gasteiger partial charge in [0.2, 0.25) is 5.88 Å². The normalized spacial score (nSPS) is 10.2. The van der Waals surface area contributed by atoms with Gasteiger partial charge in [0.05, 0.1) is 29.1 Å². The summed E-state index contributed by atoms with van der Waals surface area (Å²) in [5.74, 6) is -1.03. The standard InChI is InChI=1S/C22H13IN2O4S.Na/c23-18-8-13(22(26)27)3-4-15(18)12-29-21-17(10-24)16(14-5-6-28-11-14)9-19(25-21)20-2-1-7-30-20;/h1-9,11H,12H2,(H,26,27);/q;+1/p-1. The van der Waals surface area contributed by atoms with Gasteiger partial charge in [-0.3, -0.25) is 0 Å². The number of pyridine rings is 1. The second-order valence-corrected chi connectivity index (χ2v) is 8.33. The molecule has 0 bridgehead atoms. The maximum atomic E-state index is 11.0. The number of thiophene rings is 1. The number of carbonyl (C=O) groups excluding carboxylic acids is 1. The summed E-state index contributed by atoms with van der Waals surface area (Å²) in [5.41, 5.74) is 3.29. The van der Waals surface area contributed by atoms with E-state index in [1.54, 1.807) is 24.7 Å². The molecule has 148 valence electrons. The number of furan rings is 1. The van der Waals surface area contributed by atoms with Crippen molar-refractivity contribution in [2.75, 3.05) is 0 Å². The minimum absolute atomic E-state index is 0. The topological polar surface area (TPSA) is 99.2 Å². The van der Waals surface area contributed by atoms with E-state index in [0.717, 1.165) is 19.6 Å². The zero-order valence-corrected chi connectivity index (χ0v) is 21.3. The second-order valence-electron chi connectivity index (χ2n) is 6.22. The molecule has 31 heavy (non-hydrogen) atoms. The van der Waals surface area contributed by atoms with Crippen LogP contribution in [-0.4, -0.2) is 11.0 Å². The molecule has 0 saturated carbocycles. The molecule has 0 aliphatic carbocycles. The van der Waals surface area contributed by atoms with Crippen molar-refractivity contribution in [1.82, 2.24) is 4.98 Å². The van der Waals surface area contributed by atoms with Crippen molar-refractivity contribution in [3.8, 4) is 33.6 Å². The molecular weight excluding hydrogens is 538 g/mol. The summed E-state index contributed by atoms with van der Waals surface area (Å²) in [7, 11) is 0. The Kier molecular flexibility index (Phi) is 7.91. The SMILES string of the molecule is N#Cc1c(-c2ccoc2)cc(-c2cccs2)nc1OCc1ccc(C(=O)[O-])cc1I.[Na+]. The summed E-state index contributed by atoms with van der Waals surface area (Å²) < 4.78 is 11.9. The molecule has 0 saturated heterocycles. The first-order valence-corrected chi connectivity index (χ1v) is 10.7. The first-order chi connectivity index (χ1) is 14.6. The Labute approximate surface area is 217 Å². The molecule has 6 nitrogen and oxygen atoms in total. The number of nitriles is 1. The van der Waals surface area contributed by atoms with Crippen LogP contribution < -0.4 is 39.4 Å². The summed E-state index contributed by atoms with van der Waals surface area (Å²) in [4.78, 5) is 16.6. The van der Waals surface area contributed by atoms with Crippen molar-refractivity contribution in [1.29, 1.82) is 5.26 Å². The quantitative estimate of drug-likeness (QED) is 0.267. The van der Waals surface area contributed by atoms with Crippen LogP contribution in [0.1, 0.15) is 21.5 Å². The Morgan fingerprint density at radius 3 is 2.74 bits per heavy atom. The number of rotatable bonds is 6. The number of nitrogens with zero attached hydrogens (tertiary/aromatic N) is 2. The number of carbonyl (C=O) groups is 1. The molecular formula is C22H12IN2NaO4S.